The third kappa shape index (κ3) is 3.68. The van der Waals surface area contributed by atoms with Gasteiger partial charge in [-0.25, -0.2) is 4.39 Å². The molecule has 1 N–H and O–H groups in total. The quantitative estimate of drug-likeness (QED) is 0.747. The predicted octanol–water partition coefficient (Wildman–Crippen LogP) is 5.16. The highest BCUT2D eigenvalue weighted by atomic mass is 79.9. The summed E-state index contributed by atoms with van der Waals surface area (Å²) in [6.45, 7) is 1.95. The van der Waals surface area contributed by atoms with Crippen LogP contribution in [0.3, 0.4) is 0 Å². The number of aryl methyl sites for hydroxylation is 1. The molecule has 0 aliphatic heterocycles. The van der Waals surface area contributed by atoms with E-state index in [9.17, 15) is 4.39 Å². The van der Waals surface area contributed by atoms with Crippen LogP contribution in [-0.2, 0) is 6.42 Å². The molecule has 106 valence electrons. The maximum Gasteiger partial charge on any atom is 0.123 e. The molecule has 0 fully saturated rings. The predicted molar refractivity (Wildman–Crippen MR) is 88.5 cm³/mol. The van der Waals surface area contributed by atoms with Crippen LogP contribution in [0.25, 0.3) is 0 Å². The van der Waals surface area contributed by atoms with Crippen LogP contribution in [0.4, 0.5) is 4.39 Å². The Morgan fingerprint density at radius 1 is 1.15 bits per heavy atom. The number of halogens is 3. The van der Waals surface area contributed by atoms with Crippen molar-refractivity contribution in [2.45, 2.75) is 19.4 Å². The standard InChI is InChI=1S/C16H16Br2FN/c1-10-7-13(19)5-3-11(10)8-16(20-2)14-6-4-12(17)9-15(14)18/h3-7,9,16,20H,8H2,1-2H3. The highest BCUT2D eigenvalue weighted by molar-refractivity contribution is 9.11. The van der Waals surface area contributed by atoms with Crippen molar-refractivity contribution < 1.29 is 4.39 Å². The molecule has 1 unspecified atom stereocenters. The minimum Gasteiger partial charge on any atom is -0.313 e. The molecule has 2 rings (SSSR count). The van der Waals surface area contributed by atoms with Crippen molar-refractivity contribution in [3.63, 3.8) is 0 Å². The van der Waals surface area contributed by atoms with Crippen LogP contribution in [0.1, 0.15) is 22.7 Å². The maximum absolute atomic E-state index is 13.2. The summed E-state index contributed by atoms with van der Waals surface area (Å²) in [5.41, 5.74) is 3.33. The first-order chi connectivity index (χ1) is 9.51. The topological polar surface area (TPSA) is 12.0 Å². The Kier molecular flexibility index (Phi) is 5.35. The molecule has 2 aromatic rings. The van der Waals surface area contributed by atoms with Gasteiger partial charge in [-0.3, -0.25) is 0 Å². The van der Waals surface area contributed by atoms with Crippen LogP contribution in [0.15, 0.2) is 45.3 Å². The van der Waals surface area contributed by atoms with Gasteiger partial charge < -0.3 is 5.32 Å². The molecule has 0 saturated heterocycles. The van der Waals surface area contributed by atoms with Gasteiger partial charge in [0.25, 0.3) is 0 Å². The Morgan fingerprint density at radius 3 is 2.50 bits per heavy atom. The maximum atomic E-state index is 13.2. The molecule has 0 radical (unpaired) electrons. The Bertz CT molecular complexity index is 613. The van der Waals surface area contributed by atoms with Gasteiger partial charge >= 0.3 is 0 Å². The van der Waals surface area contributed by atoms with E-state index in [0.717, 1.165) is 26.5 Å². The van der Waals surface area contributed by atoms with Crippen molar-refractivity contribution in [3.8, 4) is 0 Å². The summed E-state index contributed by atoms with van der Waals surface area (Å²) < 4.78 is 15.3. The number of nitrogens with one attached hydrogen (secondary N) is 1. The lowest BCUT2D eigenvalue weighted by Crippen LogP contribution is -2.19. The zero-order chi connectivity index (χ0) is 14.7. The van der Waals surface area contributed by atoms with Gasteiger partial charge in [0.2, 0.25) is 0 Å². The average Bonchev–Trinajstić information content (AvgIpc) is 2.39. The average molecular weight is 401 g/mol. The van der Waals surface area contributed by atoms with E-state index >= 15 is 0 Å². The van der Waals surface area contributed by atoms with Crippen LogP contribution >= 0.6 is 31.9 Å². The summed E-state index contributed by atoms with van der Waals surface area (Å²) >= 11 is 7.06. The molecular weight excluding hydrogens is 385 g/mol. The van der Waals surface area contributed by atoms with E-state index in [1.165, 1.54) is 11.6 Å². The van der Waals surface area contributed by atoms with Crippen molar-refractivity contribution in [1.82, 2.24) is 5.32 Å². The van der Waals surface area contributed by atoms with E-state index in [2.05, 4.69) is 43.2 Å². The Hall–Kier alpha value is -0.710. The fourth-order valence-corrected chi connectivity index (χ4v) is 3.58. The van der Waals surface area contributed by atoms with Gasteiger partial charge in [0, 0.05) is 15.0 Å². The third-order valence-electron chi connectivity index (χ3n) is 3.42. The molecule has 0 bridgehead atoms. The van der Waals surface area contributed by atoms with Crippen LogP contribution in [-0.4, -0.2) is 7.05 Å². The first kappa shape index (κ1) is 15.7. The van der Waals surface area contributed by atoms with Gasteiger partial charge in [0.15, 0.2) is 0 Å². The SMILES string of the molecule is CNC(Cc1ccc(F)cc1C)c1ccc(Br)cc1Br. The molecule has 0 amide bonds. The molecule has 0 aliphatic rings. The Labute approximate surface area is 135 Å². The number of hydrogen-bond donors (Lipinski definition) is 1. The summed E-state index contributed by atoms with van der Waals surface area (Å²) in [4.78, 5) is 0. The second-order valence-electron chi connectivity index (χ2n) is 4.78. The summed E-state index contributed by atoms with van der Waals surface area (Å²) in [5, 5.41) is 3.33. The lowest BCUT2D eigenvalue weighted by Gasteiger charge is -2.19. The minimum atomic E-state index is -0.183. The molecule has 2 aromatic carbocycles. The molecule has 0 spiro atoms. The van der Waals surface area contributed by atoms with Crippen molar-refractivity contribution in [2.24, 2.45) is 0 Å². The number of likely N-dealkylation sites (N-methyl/N-ethyl adjacent to an activating group) is 1. The van der Waals surface area contributed by atoms with Gasteiger partial charge in [0.1, 0.15) is 5.82 Å². The lowest BCUT2D eigenvalue weighted by molar-refractivity contribution is 0.584. The molecule has 20 heavy (non-hydrogen) atoms. The highest BCUT2D eigenvalue weighted by Crippen LogP contribution is 2.29. The molecule has 0 heterocycles. The van der Waals surface area contributed by atoms with E-state index < -0.39 is 0 Å². The highest BCUT2D eigenvalue weighted by Gasteiger charge is 2.14. The van der Waals surface area contributed by atoms with Gasteiger partial charge in [-0.2, -0.15) is 0 Å². The van der Waals surface area contributed by atoms with E-state index in [4.69, 9.17) is 0 Å². The first-order valence-electron chi connectivity index (χ1n) is 6.38. The lowest BCUT2D eigenvalue weighted by atomic mass is 9.96. The molecule has 4 heteroatoms. The third-order valence-corrected chi connectivity index (χ3v) is 4.60. The van der Waals surface area contributed by atoms with Crippen molar-refractivity contribution in [1.29, 1.82) is 0 Å². The van der Waals surface area contributed by atoms with E-state index in [-0.39, 0.29) is 11.9 Å². The smallest absolute Gasteiger partial charge is 0.123 e. The van der Waals surface area contributed by atoms with Crippen LogP contribution < -0.4 is 5.32 Å². The van der Waals surface area contributed by atoms with E-state index in [1.807, 2.05) is 32.2 Å². The summed E-state index contributed by atoms with van der Waals surface area (Å²) in [7, 11) is 1.94. The van der Waals surface area contributed by atoms with Gasteiger partial charge in [-0.15, -0.1) is 0 Å². The van der Waals surface area contributed by atoms with Crippen LogP contribution in [0, 0.1) is 12.7 Å². The van der Waals surface area contributed by atoms with Gasteiger partial charge in [0.05, 0.1) is 0 Å². The number of rotatable bonds is 4. The second-order valence-corrected chi connectivity index (χ2v) is 6.55. The first-order valence-corrected chi connectivity index (χ1v) is 7.97. The number of benzene rings is 2. The van der Waals surface area contributed by atoms with Crippen LogP contribution in [0.2, 0.25) is 0 Å². The molecular formula is C16H16Br2FN. The molecule has 1 nitrogen and oxygen atoms in total. The van der Waals surface area contributed by atoms with Gasteiger partial charge in [-0.1, -0.05) is 44.0 Å². The normalized spacial score (nSPS) is 12.4. The molecule has 1 atom stereocenters. The van der Waals surface area contributed by atoms with E-state index in [1.54, 1.807) is 6.07 Å². The molecule has 0 aliphatic carbocycles. The Morgan fingerprint density at radius 2 is 1.90 bits per heavy atom. The van der Waals surface area contributed by atoms with Crippen molar-refractivity contribution in [2.75, 3.05) is 7.05 Å². The second kappa shape index (κ2) is 6.83. The number of hydrogen-bond acceptors (Lipinski definition) is 1. The summed E-state index contributed by atoms with van der Waals surface area (Å²) in [6, 6.07) is 11.3. The van der Waals surface area contributed by atoms with Crippen LogP contribution in [0.5, 0.6) is 0 Å². The van der Waals surface area contributed by atoms with Crippen molar-refractivity contribution >= 4 is 31.9 Å². The fourth-order valence-electron chi connectivity index (χ4n) is 2.26. The summed E-state index contributed by atoms with van der Waals surface area (Å²) in [5.74, 6) is -0.183. The summed E-state index contributed by atoms with van der Waals surface area (Å²) in [6.07, 6.45) is 0.822. The van der Waals surface area contributed by atoms with Gasteiger partial charge in [-0.05, 0) is 61.3 Å². The fraction of sp³-hybridized carbons (Fsp3) is 0.250. The largest absolute Gasteiger partial charge is 0.313 e. The Balaban J connectivity index is 2.28. The molecule has 0 aromatic heterocycles. The minimum absolute atomic E-state index is 0.182. The zero-order valence-corrected chi connectivity index (χ0v) is 14.6. The van der Waals surface area contributed by atoms with E-state index in [0.29, 0.717) is 0 Å². The zero-order valence-electron chi connectivity index (χ0n) is 11.4. The molecule has 0 saturated carbocycles. The van der Waals surface area contributed by atoms with Crippen molar-refractivity contribution in [3.05, 3.63) is 67.9 Å². The monoisotopic (exact) mass is 399 g/mol.